The molecule has 8 N–H and O–H groups in total. The van der Waals surface area contributed by atoms with Crippen LogP contribution in [0.25, 0.3) is 0 Å². The highest BCUT2D eigenvalue weighted by Gasteiger charge is 2.65. The van der Waals surface area contributed by atoms with Gasteiger partial charge in [-0.3, -0.25) is 39.4 Å². The molecule has 0 radical (unpaired) electrons. The normalized spacial score (nSPS) is 28.2. The molecule has 4 aliphatic heterocycles. The molecule has 0 saturated carbocycles. The maximum absolute atomic E-state index is 15.2. The molecule has 0 spiro atoms. The fraction of sp³-hybridized carbons (Fsp3) is 0.667. The summed E-state index contributed by atoms with van der Waals surface area (Å²) in [5, 5.41) is 11.2. The van der Waals surface area contributed by atoms with Gasteiger partial charge in [-0.05, 0) is 89.4 Å². The summed E-state index contributed by atoms with van der Waals surface area (Å²) in [4.78, 5) is 92.8. The second-order valence-electron chi connectivity index (χ2n) is 22.1. The molecule has 4 saturated heterocycles. The van der Waals surface area contributed by atoms with E-state index in [9.17, 15) is 19.2 Å². The summed E-state index contributed by atoms with van der Waals surface area (Å²) in [6.07, 6.45) is 0.516. The second-order valence-corrected chi connectivity index (χ2v) is 22.1. The first-order chi connectivity index (χ1) is 34.0. The van der Waals surface area contributed by atoms with Crippen molar-refractivity contribution in [3.05, 3.63) is 71.8 Å². The third-order valence-electron chi connectivity index (χ3n) is 16.8. The van der Waals surface area contributed by atoms with E-state index in [-0.39, 0.29) is 48.7 Å². The van der Waals surface area contributed by atoms with E-state index in [2.05, 4.69) is 35.1 Å². The van der Waals surface area contributed by atoms with E-state index in [4.69, 9.17) is 20.9 Å². The number of likely N-dealkylation sites (N-methyl/N-ethyl adjacent to an activating group) is 2. The SMILES string of the molecule is CN[C@@H](N)C(=O)N[C@H](C(=O)N1CC[C@@]2(C)C[C@@H](OCCO[C@H]3CN(CCc4ccccc4)C(=O)[C@@]4(C)N(C(=O)[C@@H](NC(=O)[C@H](N)NC)C(C)C)CC[C@@]4(C)C3)CN(CCc3ccccc3)C(=O)[C@@]12C)C(C)C. The monoisotopic (exact) mass is 1000 g/mol. The van der Waals surface area contributed by atoms with Gasteiger partial charge in [0.1, 0.15) is 35.5 Å². The first-order valence-electron chi connectivity index (χ1n) is 26.0. The average Bonchev–Trinajstić information content (AvgIpc) is 3.73. The molecule has 6 rings (SSSR count). The van der Waals surface area contributed by atoms with Crippen molar-refractivity contribution >= 4 is 35.4 Å². The Hall–Kier alpha value is -4.98. The quantitative estimate of drug-likeness (QED) is 0.0779. The van der Waals surface area contributed by atoms with Crippen LogP contribution < -0.4 is 32.7 Å². The summed E-state index contributed by atoms with van der Waals surface area (Å²) in [6.45, 7) is 17.9. The van der Waals surface area contributed by atoms with Crippen molar-refractivity contribution in [1.82, 2.24) is 40.9 Å². The molecule has 4 aliphatic rings. The molecule has 398 valence electrons. The Morgan fingerprint density at radius 1 is 0.611 bits per heavy atom. The third-order valence-corrected chi connectivity index (χ3v) is 16.8. The number of likely N-dealkylation sites (tertiary alicyclic amines) is 4. The maximum atomic E-state index is 15.2. The van der Waals surface area contributed by atoms with Gasteiger partial charge in [-0.15, -0.1) is 0 Å². The summed E-state index contributed by atoms with van der Waals surface area (Å²) in [6, 6.07) is 18.2. The third kappa shape index (κ3) is 11.5. The predicted molar refractivity (Wildman–Crippen MR) is 275 cm³/mol. The number of nitrogens with one attached hydrogen (secondary N) is 4. The van der Waals surface area contributed by atoms with E-state index in [0.717, 1.165) is 11.1 Å². The van der Waals surface area contributed by atoms with Crippen molar-refractivity contribution in [2.75, 3.05) is 66.6 Å². The van der Waals surface area contributed by atoms with Crippen LogP contribution in [0.2, 0.25) is 0 Å². The molecule has 0 aromatic heterocycles. The van der Waals surface area contributed by atoms with Gasteiger partial charge < -0.3 is 51.2 Å². The molecule has 4 fully saturated rings. The lowest BCUT2D eigenvalue weighted by molar-refractivity contribution is -0.156. The van der Waals surface area contributed by atoms with E-state index in [1.807, 2.05) is 112 Å². The van der Waals surface area contributed by atoms with Gasteiger partial charge in [0.25, 0.3) is 11.8 Å². The molecule has 18 heteroatoms. The zero-order valence-corrected chi connectivity index (χ0v) is 44.5. The average molecular weight is 1000 g/mol. The minimum absolute atomic E-state index is 0.155. The minimum Gasteiger partial charge on any atom is -0.374 e. The molecule has 10 atom stereocenters. The molecule has 18 nitrogen and oxygen atoms in total. The molecule has 6 amide bonds. The molecular weight excluding hydrogens is 917 g/mol. The second kappa shape index (κ2) is 23.5. The topological polar surface area (TPSA) is 234 Å². The van der Waals surface area contributed by atoms with E-state index < -0.39 is 70.3 Å². The standard InChI is InChI=1S/C54H84N10O8/c1-35(2)41(59-45(65)43(55)57-9)47(67)63-27-23-51(5)31-39(33-61(49(69)53(51,63)7)25-21-37-17-13-11-14-18-37)71-29-30-72-40-32-52(6)24-28-64(48(68)42(36(3)4)60-46(66)44(56)58-10)54(52,8)50(70)62(34-40)26-22-38-19-15-12-16-20-38/h11-20,35-36,39-44,57-58H,21-34,55-56H2,1-10H3,(H,59,65)(H,60,66)/t39-,40-,41+,42+,43-,44-,51+,52+,53-,54-/m1/s1. The van der Waals surface area contributed by atoms with Gasteiger partial charge in [-0.1, -0.05) is 102 Å². The number of fused-ring (bicyclic) bond motifs is 2. The summed E-state index contributed by atoms with van der Waals surface area (Å²) in [5.74, 6) is -2.52. The van der Waals surface area contributed by atoms with Crippen molar-refractivity contribution in [2.45, 2.75) is 142 Å². The zero-order chi connectivity index (χ0) is 52.8. The highest BCUT2D eigenvalue weighted by atomic mass is 16.5. The first-order valence-corrected chi connectivity index (χ1v) is 26.0. The van der Waals surface area contributed by atoms with Gasteiger partial charge in [0.05, 0.1) is 25.4 Å². The summed E-state index contributed by atoms with van der Waals surface area (Å²) < 4.78 is 13.5. The number of carbonyl (C=O) groups excluding carboxylic acids is 6. The number of ether oxygens (including phenoxy) is 2. The number of amides is 6. The van der Waals surface area contributed by atoms with Crippen LogP contribution >= 0.6 is 0 Å². The summed E-state index contributed by atoms with van der Waals surface area (Å²) in [7, 11) is 3.15. The van der Waals surface area contributed by atoms with Gasteiger partial charge in [0.15, 0.2) is 0 Å². The number of carbonyl (C=O) groups is 6. The fourth-order valence-corrected chi connectivity index (χ4v) is 11.7. The van der Waals surface area contributed by atoms with Crippen LogP contribution in [0.5, 0.6) is 0 Å². The van der Waals surface area contributed by atoms with Crippen LogP contribution in [0, 0.1) is 22.7 Å². The van der Waals surface area contributed by atoms with Crippen molar-refractivity contribution in [3.8, 4) is 0 Å². The van der Waals surface area contributed by atoms with Gasteiger partial charge in [0.2, 0.25) is 23.6 Å². The van der Waals surface area contributed by atoms with Crippen LogP contribution in [0.15, 0.2) is 60.7 Å². The Morgan fingerprint density at radius 3 is 1.28 bits per heavy atom. The van der Waals surface area contributed by atoms with E-state index in [1.165, 1.54) is 0 Å². The van der Waals surface area contributed by atoms with Crippen molar-refractivity contribution in [2.24, 2.45) is 34.1 Å². The largest absolute Gasteiger partial charge is 0.374 e. The zero-order valence-electron chi connectivity index (χ0n) is 44.5. The van der Waals surface area contributed by atoms with E-state index in [1.54, 1.807) is 23.9 Å². The van der Waals surface area contributed by atoms with Gasteiger partial charge in [-0.2, -0.15) is 0 Å². The minimum atomic E-state index is -1.24. The number of nitrogens with two attached hydrogens (primary N) is 2. The lowest BCUT2D eigenvalue weighted by Gasteiger charge is -2.45. The summed E-state index contributed by atoms with van der Waals surface area (Å²) in [5.41, 5.74) is 10.3. The Labute approximate surface area is 427 Å². The Bertz CT molecular complexity index is 2070. The fourth-order valence-electron chi connectivity index (χ4n) is 11.7. The molecule has 2 aromatic rings. The number of hydrogen-bond acceptors (Lipinski definition) is 12. The van der Waals surface area contributed by atoms with Crippen LogP contribution in [0.3, 0.4) is 0 Å². The highest BCUT2D eigenvalue weighted by molar-refractivity contribution is 5.98. The van der Waals surface area contributed by atoms with E-state index >= 15 is 9.59 Å². The highest BCUT2D eigenvalue weighted by Crippen LogP contribution is 2.53. The number of hydrogen-bond donors (Lipinski definition) is 6. The van der Waals surface area contributed by atoms with Crippen LogP contribution in [-0.2, 0) is 51.1 Å². The molecule has 0 aliphatic carbocycles. The molecule has 0 bridgehead atoms. The van der Waals surface area contributed by atoms with Crippen LogP contribution in [0.4, 0.5) is 0 Å². The van der Waals surface area contributed by atoms with E-state index in [0.29, 0.717) is 77.8 Å². The Balaban J connectivity index is 1.22. The van der Waals surface area contributed by atoms with Crippen molar-refractivity contribution in [3.63, 3.8) is 0 Å². The van der Waals surface area contributed by atoms with Crippen molar-refractivity contribution < 1.29 is 38.2 Å². The number of benzene rings is 2. The first kappa shape index (κ1) is 56.3. The van der Waals surface area contributed by atoms with Crippen molar-refractivity contribution in [1.29, 1.82) is 0 Å². The van der Waals surface area contributed by atoms with Gasteiger partial charge in [-0.25, -0.2) is 0 Å². The van der Waals surface area contributed by atoms with Crippen LogP contribution in [-0.4, -0.2) is 169 Å². The van der Waals surface area contributed by atoms with Gasteiger partial charge >= 0.3 is 0 Å². The molecule has 2 aromatic carbocycles. The molecule has 72 heavy (non-hydrogen) atoms. The number of nitrogens with zero attached hydrogens (tertiary/aromatic N) is 4. The Morgan fingerprint density at radius 2 is 0.958 bits per heavy atom. The molecule has 0 unspecified atom stereocenters. The maximum Gasteiger partial charge on any atom is 0.252 e. The molecular formula is C54H84N10O8. The molecule has 4 heterocycles. The number of rotatable bonds is 21. The lowest BCUT2D eigenvalue weighted by Crippen LogP contribution is -2.65. The predicted octanol–water partition coefficient (Wildman–Crippen LogP) is 1.99. The smallest absolute Gasteiger partial charge is 0.252 e. The van der Waals surface area contributed by atoms with Gasteiger partial charge in [0, 0.05) is 50.1 Å². The lowest BCUT2D eigenvalue weighted by atomic mass is 9.69. The van der Waals surface area contributed by atoms with Crippen LogP contribution in [0.1, 0.15) is 92.2 Å². The Kier molecular flexibility index (Phi) is 18.4. The summed E-state index contributed by atoms with van der Waals surface area (Å²) >= 11 is 0.